The summed E-state index contributed by atoms with van der Waals surface area (Å²) < 4.78 is 5.14. The van der Waals surface area contributed by atoms with Crippen LogP contribution in [0.15, 0.2) is 18.2 Å². The number of methoxy groups -OCH3 is 1. The Morgan fingerprint density at radius 2 is 2.39 bits per heavy atom. The molecule has 1 aliphatic rings. The van der Waals surface area contributed by atoms with Gasteiger partial charge >= 0.3 is 0 Å². The van der Waals surface area contributed by atoms with E-state index in [9.17, 15) is 10.1 Å². The van der Waals surface area contributed by atoms with Crippen LogP contribution in [0.5, 0.6) is 5.75 Å². The first-order chi connectivity index (χ1) is 8.67. The van der Waals surface area contributed by atoms with Crippen molar-refractivity contribution >= 4 is 11.4 Å². The van der Waals surface area contributed by atoms with Crippen LogP contribution in [-0.4, -0.2) is 31.2 Å². The molecule has 1 aliphatic heterocycles. The van der Waals surface area contributed by atoms with Crippen molar-refractivity contribution in [3.05, 3.63) is 28.3 Å². The Morgan fingerprint density at radius 3 is 3.00 bits per heavy atom. The smallest absolute Gasteiger partial charge is 0.292 e. The number of hydrogen-bond donors (Lipinski definition) is 1. The maximum atomic E-state index is 11.1. The van der Waals surface area contributed by atoms with Crippen molar-refractivity contribution in [1.82, 2.24) is 0 Å². The Balaban J connectivity index is 2.42. The van der Waals surface area contributed by atoms with Crippen LogP contribution in [0.2, 0.25) is 0 Å². The first kappa shape index (κ1) is 12.6. The molecule has 0 bridgehead atoms. The van der Waals surface area contributed by atoms with Crippen LogP contribution in [0.25, 0.3) is 0 Å². The van der Waals surface area contributed by atoms with E-state index in [1.54, 1.807) is 19.2 Å². The third kappa shape index (κ3) is 2.24. The molecule has 2 N–H and O–H groups in total. The lowest BCUT2D eigenvalue weighted by Gasteiger charge is -2.25. The zero-order valence-electron chi connectivity index (χ0n) is 10.3. The van der Waals surface area contributed by atoms with Gasteiger partial charge in [-0.3, -0.25) is 10.1 Å². The molecule has 0 aromatic heterocycles. The maximum Gasteiger partial charge on any atom is 0.292 e. The van der Waals surface area contributed by atoms with Crippen molar-refractivity contribution in [1.29, 1.82) is 0 Å². The molecule has 1 aromatic rings. The number of nitro benzene ring substituents is 1. The van der Waals surface area contributed by atoms with Gasteiger partial charge in [0.25, 0.3) is 5.69 Å². The van der Waals surface area contributed by atoms with E-state index < -0.39 is 0 Å². The quantitative estimate of drug-likeness (QED) is 0.648. The van der Waals surface area contributed by atoms with Gasteiger partial charge < -0.3 is 15.4 Å². The van der Waals surface area contributed by atoms with Crippen LogP contribution >= 0.6 is 0 Å². The zero-order valence-corrected chi connectivity index (χ0v) is 10.3. The lowest BCUT2D eigenvalue weighted by Crippen LogP contribution is -2.35. The lowest BCUT2D eigenvalue weighted by atomic mass is 10.2. The Hall–Kier alpha value is -1.82. The number of ether oxygens (including phenoxy) is 1. The van der Waals surface area contributed by atoms with Crippen LogP contribution in [0.3, 0.4) is 0 Å². The summed E-state index contributed by atoms with van der Waals surface area (Å²) in [7, 11) is 1.55. The first-order valence-electron chi connectivity index (χ1n) is 5.96. The second-order valence-electron chi connectivity index (χ2n) is 4.34. The molecule has 0 radical (unpaired) electrons. The van der Waals surface area contributed by atoms with Gasteiger partial charge in [-0.05, 0) is 18.9 Å². The fraction of sp³-hybridized carbons (Fsp3) is 0.500. The fourth-order valence-corrected chi connectivity index (χ4v) is 2.41. The van der Waals surface area contributed by atoms with E-state index in [-0.39, 0.29) is 16.7 Å². The molecule has 0 amide bonds. The number of nitro groups is 1. The van der Waals surface area contributed by atoms with Crippen LogP contribution in [0.4, 0.5) is 11.4 Å². The topological polar surface area (TPSA) is 81.6 Å². The molecule has 1 aromatic carbocycles. The predicted molar refractivity (Wildman–Crippen MR) is 69.1 cm³/mol. The molecule has 2 rings (SSSR count). The molecule has 0 spiro atoms. The zero-order chi connectivity index (χ0) is 13.1. The third-order valence-corrected chi connectivity index (χ3v) is 3.34. The Bertz CT molecular complexity index is 450. The van der Waals surface area contributed by atoms with E-state index in [1.807, 2.05) is 4.90 Å². The summed E-state index contributed by atoms with van der Waals surface area (Å²) >= 11 is 0. The molecule has 6 nitrogen and oxygen atoms in total. The normalized spacial score (nSPS) is 19.0. The standard InChI is InChI=1S/C12H17N3O3/c1-18-10-4-5-11(15(16)17)12(7-10)14-6-2-3-9(14)8-13/h4-5,7,9H,2-3,6,8,13H2,1H3. The van der Waals surface area contributed by atoms with Gasteiger partial charge in [0.1, 0.15) is 11.4 Å². The molecule has 6 heteroatoms. The maximum absolute atomic E-state index is 11.1. The third-order valence-electron chi connectivity index (χ3n) is 3.34. The Labute approximate surface area is 105 Å². The van der Waals surface area contributed by atoms with Gasteiger partial charge in [-0.2, -0.15) is 0 Å². The summed E-state index contributed by atoms with van der Waals surface area (Å²) in [5, 5.41) is 11.1. The van der Waals surface area contributed by atoms with Gasteiger partial charge in [0.05, 0.1) is 12.0 Å². The van der Waals surface area contributed by atoms with Crippen LogP contribution in [-0.2, 0) is 0 Å². The molecule has 18 heavy (non-hydrogen) atoms. The molecule has 1 saturated heterocycles. The minimum absolute atomic E-state index is 0.108. The van der Waals surface area contributed by atoms with E-state index in [0.29, 0.717) is 18.0 Å². The Morgan fingerprint density at radius 1 is 1.61 bits per heavy atom. The van der Waals surface area contributed by atoms with Crippen LogP contribution < -0.4 is 15.4 Å². The predicted octanol–water partition coefficient (Wildman–Crippen LogP) is 1.53. The molecular weight excluding hydrogens is 234 g/mol. The van der Waals surface area contributed by atoms with E-state index in [1.165, 1.54) is 6.07 Å². The summed E-state index contributed by atoms with van der Waals surface area (Å²) in [6.07, 6.45) is 1.99. The first-order valence-corrected chi connectivity index (χ1v) is 5.96. The average Bonchev–Trinajstić information content (AvgIpc) is 2.85. The van der Waals surface area contributed by atoms with Crippen molar-refractivity contribution < 1.29 is 9.66 Å². The summed E-state index contributed by atoms with van der Waals surface area (Å²) in [5.41, 5.74) is 6.43. The molecule has 0 aliphatic carbocycles. The summed E-state index contributed by atoms with van der Waals surface area (Å²) in [6.45, 7) is 1.31. The van der Waals surface area contributed by atoms with Crippen molar-refractivity contribution in [2.75, 3.05) is 25.1 Å². The SMILES string of the molecule is COc1ccc([N+](=O)[O-])c(N2CCCC2CN)c1. The number of hydrogen-bond acceptors (Lipinski definition) is 5. The van der Waals surface area contributed by atoms with Gasteiger partial charge in [-0.15, -0.1) is 0 Å². The molecule has 1 unspecified atom stereocenters. The second kappa shape index (κ2) is 5.22. The van der Waals surface area contributed by atoms with Crippen LogP contribution in [0, 0.1) is 10.1 Å². The van der Waals surface area contributed by atoms with Gasteiger partial charge in [0.15, 0.2) is 0 Å². The molecule has 1 atom stereocenters. The molecule has 1 fully saturated rings. The number of nitrogens with two attached hydrogens (primary N) is 1. The highest BCUT2D eigenvalue weighted by molar-refractivity contribution is 5.66. The summed E-state index contributed by atoms with van der Waals surface area (Å²) in [4.78, 5) is 12.7. The van der Waals surface area contributed by atoms with Crippen LogP contribution in [0.1, 0.15) is 12.8 Å². The van der Waals surface area contributed by atoms with E-state index >= 15 is 0 Å². The van der Waals surface area contributed by atoms with Gasteiger partial charge in [0, 0.05) is 31.3 Å². The number of nitrogens with zero attached hydrogens (tertiary/aromatic N) is 2. The monoisotopic (exact) mass is 251 g/mol. The number of benzene rings is 1. The summed E-state index contributed by atoms with van der Waals surface area (Å²) in [5.74, 6) is 0.623. The summed E-state index contributed by atoms with van der Waals surface area (Å²) in [6, 6.07) is 4.98. The van der Waals surface area contributed by atoms with Gasteiger partial charge in [-0.1, -0.05) is 0 Å². The van der Waals surface area contributed by atoms with E-state index in [4.69, 9.17) is 10.5 Å². The van der Waals surface area contributed by atoms with E-state index in [2.05, 4.69) is 0 Å². The van der Waals surface area contributed by atoms with Gasteiger partial charge in [-0.25, -0.2) is 0 Å². The lowest BCUT2D eigenvalue weighted by molar-refractivity contribution is -0.384. The van der Waals surface area contributed by atoms with E-state index in [0.717, 1.165) is 19.4 Å². The highest BCUT2D eigenvalue weighted by Crippen LogP contribution is 2.36. The average molecular weight is 251 g/mol. The van der Waals surface area contributed by atoms with Gasteiger partial charge in [0.2, 0.25) is 0 Å². The number of rotatable bonds is 4. The largest absolute Gasteiger partial charge is 0.497 e. The molecule has 0 saturated carbocycles. The highest BCUT2D eigenvalue weighted by Gasteiger charge is 2.29. The van der Waals surface area contributed by atoms with Crippen molar-refractivity contribution in [3.63, 3.8) is 0 Å². The Kier molecular flexibility index (Phi) is 3.66. The molecule has 98 valence electrons. The minimum atomic E-state index is -0.360. The van der Waals surface area contributed by atoms with Crippen molar-refractivity contribution in [3.8, 4) is 5.75 Å². The fourth-order valence-electron chi connectivity index (χ4n) is 2.41. The molecular formula is C12H17N3O3. The molecule has 1 heterocycles. The highest BCUT2D eigenvalue weighted by atomic mass is 16.6. The second-order valence-corrected chi connectivity index (χ2v) is 4.34. The van der Waals surface area contributed by atoms with Crippen molar-refractivity contribution in [2.45, 2.75) is 18.9 Å². The number of anilines is 1. The minimum Gasteiger partial charge on any atom is -0.497 e. The van der Waals surface area contributed by atoms with Crippen molar-refractivity contribution in [2.24, 2.45) is 5.73 Å².